The topological polar surface area (TPSA) is 84.5 Å². The van der Waals surface area contributed by atoms with Crippen LogP contribution in [0.2, 0.25) is 0 Å². The fraction of sp³-hybridized carbons (Fsp3) is 0.250. The van der Waals surface area contributed by atoms with Crippen LogP contribution in [0.5, 0.6) is 0 Å². The maximum Gasteiger partial charge on any atom is 0.326 e. The third-order valence-electron chi connectivity index (χ3n) is 3.56. The lowest BCUT2D eigenvalue weighted by atomic mass is 10.1. The lowest BCUT2D eigenvalue weighted by Gasteiger charge is -2.18. The van der Waals surface area contributed by atoms with Crippen LogP contribution >= 0.6 is 0 Å². The zero-order valence-electron chi connectivity index (χ0n) is 15.0. The number of rotatable bonds is 6. The molecule has 0 radical (unpaired) electrons. The average molecular weight is 354 g/mol. The summed E-state index contributed by atoms with van der Waals surface area (Å²) < 4.78 is 5.32. The van der Waals surface area contributed by atoms with Crippen molar-refractivity contribution in [2.24, 2.45) is 0 Å². The molecule has 2 aromatic rings. The molecule has 0 unspecified atom stereocenters. The van der Waals surface area contributed by atoms with Gasteiger partial charge in [0, 0.05) is 18.2 Å². The third kappa shape index (κ3) is 5.73. The Bertz CT molecular complexity index is 782. The second-order valence-corrected chi connectivity index (χ2v) is 6.06. The monoisotopic (exact) mass is 354 g/mol. The number of nitrogens with one attached hydrogen (secondary N) is 2. The van der Waals surface area contributed by atoms with Crippen molar-refractivity contribution in [3.8, 4) is 0 Å². The summed E-state index contributed by atoms with van der Waals surface area (Å²) in [6, 6.07) is 14.4. The van der Waals surface area contributed by atoms with Crippen LogP contribution in [0.25, 0.3) is 0 Å². The molecule has 0 aliphatic heterocycles. The van der Waals surface area contributed by atoms with Gasteiger partial charge in [0.2, 0.25) is 12.0 Å². The van der Waals surface area contributed by atoms with Gasteiger partial charge < -0.3 is 15.4 Å². The van der Waals surface area contributed by atoms with Crippen LogP contribution in [0.1, 0.15) is 29.7 Å². The molecule has 0 aromatic heterocycles. The number of esters is 1. The van der Waals surface area contributed by atoms with Crippen molar-refractivity contribution in [1.82, 2.24) is 5.32 Å². The molecule has 0 aliphatic carbocycles. The van der Waals surface area contributed by atoms with E-state index in [0.717, 1.165) is 11.1 Å². The van der Waals surface area contributed by atoms with E-state index < -0.39 is 18.0 Å². The molecule has 1 atom stereocenters. The summed E-state index contributed by atoms with van der Waals surface area (Å²) in [5.41, 5.74) is 3.20. The van der Waals surface area contributed by atoms with Crippen LogP contribution in [0.4, 0.5) is 5.69 Å². The number of hydrogen-bond acceptors (Lipinski definition) is 4. The number of carbonyl (C=O) groups is 3. The number of anilines is 1. The lowest BCUT2D eigenvalue weighted by molar-refractivity contribution is -0.154. The van der Waals surface area contributed by atoms with E-state index in [1.807, 2.05) is 38.1 Å². The zero-order chi connectivity index (χ0) is 19.1. The van der Waals surface area contributed by atoms with Gasteiger partial charge in [0.25, 0.3) is 5.91 Å². The fourth-order valence-electron chi connectivity index (χ4n) is 2.53. The van der Waals surface area contributed by atoms with E-state index in [9.17, 15) is 14.4 Å². The number of ether oxygens (including phenoxy) is 1. The number of amides is 2. The summed E-state index contributed by atoms with van der Waals surface area (Å²) in [4.78, 5) is 35.7. The Balaban J connectivity index is 2.18. The van der Waals surface area contributed by atoms with Gasteiger partial charge in [-0.3, -0.25) is 14.4 Å². The molecule has 2 N–H and O–H groups in total. The van der Waals surface area contributed by atoms with E-state index >= 15 is 0 Å². The Labute approximate surface area is 152 Å². The summed E-state index contributed by atoms with van der Waals surface area (Å²) in [5.74, 6) is -1.50. The van der Waals surface area contributed by atoms with E-state index in [-0.39, 0.29) is 12.5 Å². The molecule has 0 heterocycles. The van der Waals surface area contributed by atoms with E-state index in [1.165, 1.54) is 6.92 Å². The van der Waals surface area contributed by atoms with Gasteiger partial charge in [-0.1, -0.05) is 36.4 Å². The van der Waals surface area contributed by atoms with Crippen LogP contribution in [0, 0.1) is 13.8 Å². The van der Waals surface area contributed by atoms with Crippen LogP contribution in [0.15, 0.2) is 48.5 Å². The average Bonchev–Trinajstić information content (AvgIpc) is 2.57. The van der Waals surface area contributed by atoms with Crippen molar-refractivity contribution < 1.29 is 19.1 Å². The molecule has 0 fully saturated rings. The highest BCUT2D eigenvalue weighted by Crippen LogP contribution is 2.21. The molecular weight excluding hydrogens is 332 g/mol. The molecule has 2 aromatic carbocycles. The van der Waals surface area contributed by atoms with Crippen LogP contribution in [0.3, 0.4) is 0 Å². The Kier molecular flexibility index (Phi) is 6.49. The molecular formula is C20H22N2O4. The van der Waals surface area contributed by atoms with E-state index in [0.29, 0.717) is 11.3 Å². The van der Waals surface area contributed by atoms with E-state index in [2.05, 4.69) is 10.6 Å². The van der Waals surface area contributed by atoms with E-state index in [1.54, 1.807) is 24.3 Å². The van der Waals surface area contributed by atoms with Crippen molar-refractivity contribution >= 4 is 23.5 Å². The molecule has 2 rings (SSSR count). The molecule has 6 heteroatoms. The predicted molar refractivity (Wildman–Crippen MR) is 98.5 cm³/mol. The summed E-state index contributed by atoms with van der Waals surface area (Å²) >= 11 is 0. The summed E-state index contributed by atoms with van der Waals surface area (Å²) in [5, 5.41) is 5.15. The molecule has 26 heavy (non-hydrogen) atoms. The maximum absolute atomic E-state index is 12.7. The van der Waals surface area contributed by atoms with Crippen molar-refractivity contribution in [3.63, 3.8) is 0 Å². The van der Waals surface area contributed by atoms with Crippen LogP contribution in [-0.2, 0) is 19.1 Å². The Morgan fingerprint density at radius 1 is 1.00 bits per heavy atom. The molecule has 0 spiro atoms. The Morgan fingerprint density at radius 2 is 1.62 bits per heavy atom. The second-order valence-electron chi connectivity index (χ2n) is 6.06. The zero-order valence-corrected chi connectivity index (χ0v) is 15.0. The van der Waals surface area contributed by atoms with Gasteiger partial charge in [0.15, 0.2) is 0 Å². The number of aryl methyl sites for hydroxylation is 2. The number of benzene rings is 2. The largest absolute Gasteiger partial charge is 0.446 e. The fourth-order valence-corrected chi connectivity index (χ4v) is 2.53. The highest BCUT2D eigenvalue weighted by Gasteiger charge is 2.25. The highest BCUT2D eigenvalue weighted by atomic mass is 16.5. The van der Waals surface area contributed by atoms with Gasteiger partial charge in [-0.15, -0.1) is 0 Å². The van der Waals surface area contributed by atoms with Gasteiger partial charge in [-0.2, -0.15) is 0 Å². The maximum atomic E-state index is 12.7. The summed E-state index contributed by atoms with van der Waals surface area (Å²) in [7, 11) is 0. The van der Waals surface area contributed by atoms with Gasteiger partial charge >= 0.3 is 5.97 Å². The normalized spacial score (nSPS) is 11.3. The van der Waals surface area contributed by atoms with Gasteiger partial charge in [-0.25, -0.2) is 0 Å². The number of carbonyl (C=O) groups excluding carboxylic acids is 3. The first kappa shape index (κ1) is 19.2. The van der Waals surface area contributed by atoms with Crippen molar-refractivity contribution in [1.29, 1.82) is 0 Å². The minimum atomic E-state index is -1.11. The van der Waals surface area contributed by atoms with Gasteiger partial charge in [-0.05, 0) is 37.1 Å². The predicted octanol–water partition coefficient (Wildman–Crippen LogP) is 2.66. The third-order valence-corrected chi connectivity index (χ3v) is 3.56. The SMILES string of the molecule is CC(=O)NCC(=O)O[C@H](C(=O)Nc1cc(C)cc(C)c1)c1ccccc1. The minimum Gasteiger partial charge on any atom is -0.446 e. The van der Waals surface area contributed by atoms with Crippen LogP contribution < -0.4 is 10.6 Å². The molecule has 0 aliphatic rings. The van der Waals surface area contributed by atoms with Crippen molar-refractivity contribution in [2.45, 2.75) is 26.9 Å². The van der Waals surface area contributed by atoms with Crippen molar-refractivity contribution in [2.75, 3.05) is 11.9 Å². The van der Waals surface area contributed by atoms with Gasteiger partial charge in [0.05, 0.1) is 0 Å². The first-order valence-corrected chi connectivity index (χ1v) is 8.23. The molecule has 0 saturated heterocycles. The lowest BCUT2D eigenvalue weighted by Crippen LogP contribution is -2.32. The molecule has 2 amide bonds. The Morgan fingerprint density at radius 3 is 2.19 bits per heavy atom. The first-order valence-electron chi connectivity index (χ1n) is 8.23. The highest BCUT2D eigenvalue weighted by molar-refractivity contribution is 5.96. The molecule has 0 bridgehead atoms. The minimum absolute atomic E-state index is 0.296. The Hall–Kier alpha value is -3.15. The summed E-state index contributed by atoms with van der Waals surface area (Å²) in [6.07, 6.45) is -1.11. The first-order chi connectivity index (χ1) is 12.3. The van der Waals surface area contributed by atoms with Crippen molar-refractivity contribution in [3.05, 3.63) is 65.2 Å². The molecule has 136 valence electrons. The van der Waals surface area contributed by atoms with Gasteiger partial charge in [0.1, 0.15) is 6.54 Å². The van der Waals surface area contributed by atoms with Crippen LogP contribution in [-0.4, -0.2) is 24.3 Å². The standard InChI is InChI=1S/C20H22N2O4/c1-13-9-14(2)11-17(10-13)22-20(25)19(16-7-5-4-6-8-16)26-18(24)12-21-15(3)23/h4-11,19H,12H2,1-3H3,(H,21,23)(H,22,25)/t19-/m0/s1. The second kappa shape index (κ2) is 8.80. The number of hydrogen-bond donors (Lipinski definition) is 2. The quantitative estimate of drug-likeness (QED) is 0.781. The van der Waals surface area contributed by atoms with E-state index in [4.69, 9.17) is 4.74 Å². The summed E-state index contributed by atoms with van der Waals surface area (Å²) in [6.45, 7) is 4.87. The molecule has 0 saturated carbocycles. The smallest absolute Gasteiger partial charge is 0.326 e. The molecule has 6 nitrogen and oxygen atoms in total.